The number of amides is 1. The van der Waals surface area contributed by atoms with Crippen LogP contribution in [-0.2, 0) is 4.79 Å². The molecule has 0 aliphatic carbocycles. The zero-order chi connectivity index (χ0) is 21.2. The molecule has 0 bridgehead atoms. The van der Waals surface area contributed by atoms with Crippen molar-refractivity contribution in [3.63, 3.8) is 0 Å². The lowest BCUT2D eigenvalue weighted by atomic mass is 10.0. The molecule has 8 nitrogen and oxygen atoms in total. The van der Waals surface area contributed by atoms with Crippen molar-refractivity contribution in [1.82, 2.24) is 25.1 Å². The van der Waals surface area contributed by atoms with E-state index in [4.69, 9.17) is 21.1 Å². The summed E-state index contributed by atoms with van der Waals surface area (Å²) in [7, 11) is 0. The summed E-state index contributed by atoms with van der Waals surface area (Å²) in [6.45, 7) is 1.84. The Bertz CT molecular complexity index is 1090. The third-order valence-corrected chi connectivity index (χ3v) is 6.52. The topological polar surface area (TPSA) is 82.4 Å². The predicted octanol–water partition coefficient (Wildman–Crippen LogP) is 3.54. The van der Waals surface area contributed by atoms with Crippen LogP contribution < -0.4 is 9.47 Å². The van der Waals surface area contributed by atoms with Crippen molar-refractivity contribution < 1.29 is 14.3 Å². The molecule has 1 saturated heterocycles. The Morgan fingerprint density at radius 3 is 2.77 bits per heavy atom. The maximum Gasteiger partial charge on any atom is 0.233 e. The summed E-state index contributed by atoms with van der Waals surface area (Å²) in [5.74, 6) is 1.83. The molecule has 1 fully saturated rings. The van der Waals surface area contributed by atoms with E-state index >= 15 is 0 Å². The highest BCUT2D eigenvalue weighted by molar-refractivity contribution is 7.99. The monoisotopic (exact) mass is 457 g/mol. The van der Waals surface area contributed by atoms with E-state index in [0.717, 1.165) is 42.1 Å². The van der Waals surface area contributed by atoms with Gasteiger partial charge in [0.2, 0.25) is 11.1 Å². The van der Waals surface area contributed by atoms with Gasteiger partial charge in [-0.05, 0) is 65.2 Å². The molecule has 1 aromatic heterocycles. The summed E-state index contributed by atoms with van der Waals surface area (Å²) in [6.07, 6.45) is 1.90. The van der Waals surface area contributed by atoms with Crippen molar-refractivity contribution in [2.45, 2.75) is 24.0 Å². The highest BCUT2D eigenvalue weighted by Gasteiger charge is 2.31. The zero-order valence-corrected chi connectivity index (χ0v) is 18.2. The Balaban J connectivity index is 1.28. The Labute approximate surface area is 188 Å². The molecule has 31 heavy (non-hydrogen) atoms. The molecule has 160 valence electrons. The van der Waals surface area contributed by atoms with Crippen molar-refractivity contribution in [1.29, 1.82) is 0 Å². The lowest BCUT2D eigenvalue weighted by Crippen LogP contribution is -2.32. The van der Waals surface area contributed by atoms with Crippen molar-refractivity contribution in [2.75, 3.05) is 25.5 Å². The number of benzene rings is 2. The van der Waals surface area contributed by atoms with Crippen LogP contribution in [-0.4, -0.2) is 56.5 Å². The van der Waals surface area contributed by atoms with E-state index in [9.17, 15) is 4.79 Å². The smallest absolute Gasteiger partial charge is 0.233 e. The van der Waals surface area contributed by atoms with E-state index in [1.807, 2.05) is 35.2 Å². The van der Waals surface area contributed by atoms with Crippen LogP contribution >= 0.6 is 23.4 Å². The molecule has 0 spiro atoms. The molecule has 2 aliphatic rings. The number of carbonyl (C=O) groups is 1. The van der Waals surface area contributed by atoms with Crippen LogP contribution in [0.1, 0.15) is 24.4 Å². The first kappa shape index (κ1) is 20.1. The number of thioether (sulfide) groups is 1. The first-order valence-electron chi connectivity index (χ1n) is 10.1. The lowest BCUT2D eigenvalue weighted by Gasteiger charge is -2.26. The number of ether oxygens (including phenoxy) is 2. The molecule has 10 heteroatoms. The maximum atomic E-state index is 13.1. The van der Waals surface area contributed by atoms with E-state index in [1.54, 1.807) is 16.8 Å². The summed E-state index contributed by atoms with van der Waals surface area (Å²) >= 11 is 7.29. The molecule has 5 rings (SSSR count). The van der Waals surface area contributed by atoms with Gasteiger partial charge in [0.25, 0.3) is 0 Å². The zero-order valence-electron chi connectivity index (χ0n) is 16.6. The van der Waals surface area contributed by atoms with E-state index < -0.39 is 0 Å². The number of likely N-dealkylation sites (tertiary alicyclic amines) is 1. The predicted molar refractivity (Wildman–Crippen MR) is 116 cm³/mol. The summed E-state index contributed by atoms with van der Waals surface area (Å²) in [5, 5.41) is 13.1. The number of aromatic nitrogens is 4. The minimum atomic E-state index is 0.0381. The van der Waals surface area contributed by atoms with Gasteiger partial charge in [-0.1, -0.05) is 29.4 Å². The molecule has 0 saturated carbocycles. The van der Waals surface area contributed by atoms with Crippen molar-refractivity contribution in [3.8, 4) is 17.2 Å². The quantitative estimate of drug-likeness (QED) is 0.542. The van der Waals surface area contributed by atoms with Crippen LogP contribution in [0.15, 0.2) is 47.6 Å². The normalized spacial score (nSPS) is 17.7. The van der Waals surface area contributed by atoms with E-state index in [2.05, 4.69) is 15.5 Å². The summed E-state index contributed by atoms with van der Waals surface area (Å²) in [6, 6.07) is 13.2. The molecular weight excluding hydrogens is 438 g/mol. The second-order valence-electron chi connectivity index (χ2n) is 7.29. The number of hydrogen-bond acceptors (Lipinski definition) is 7. The molecule has 1 atom stereocenters. The number of rotatable bonds is 5. The highest BCUT2D eigenvalue weighted by Crippen LogP contribution is 2.38. The maximum absolute atomic E-state index is 13.1. The fourth-order valence-corrected chi connectivity index (χ4v) is 4.80. The third kappa shape index (κ3) is 4.20. The van der Waals surface area contributed by atoms with Crippen LogP contribution in [0.4, 0.5) is 0 Å². The standard InChI is InChI=1S/C21H20ClN5O3S/c22-15-4-6-16(7-5-15)27-21(23-24-25-27)31-13-20(28)26-9-1-2-17(26)14-3-8-18-19(12-14)30-11-10-29-18/h3-8,12,17H,1-2,9-11,13H2/t17-/m0/s1. The van der Waals surface area contributed by atoms with Crippen LogP contribution in [0, 0.1) is 0 Å². The third-order valence-electron chi connectivity index (χ3n) is 5.36. The van der Waals surface area contributed by atoms with Crippen LogP contribution in [0.5, 0.6) is 11.5 Å². The van der Waals surface area contributed by atoms with Crippen molar-refractivity contribution >= 4 is 29.3 Å². The minimum Gasteiger partial charge on any atom is -0.486 e. The molecule has 0 radical (unpaired) electrons. The second kappa shape index (κ2) is 8.76. The lowest BCUT2D eigenvalue weighted by molar-refractivity contribution is -0.129. The SMILES string of the molecule is O=C(CSc1nnnn1-c1ccc(Cl)cc1)N1CCC[C@H]1c1ccc2c(c1)OCCO2. The molecule has 0 unspecified atom stereocenters. The first-order valence-corrected chi connectivity index (χ1v) is 11.4. The molecule has 2 aromatic carbocycles. The van der Waals surface area contributed by atoms with Crippen LogP contribution in [0.25, 0.3) is 5.69 Å². The second-order valence-corrected chi connectivity index (χ2v) is 8.67. The Hall–Kier alpha value is -2.78. The highest BCUT2D eigenvalue weighted by atomic mass is 35.5. The summed E-state index contributed by atoms with van der Waals surface area (Å²) in [4.78, 5) is 15.0. The molecule has 0 N–H and O–H groups in total. The molecule has 3 heterocycles. The van der Waals surface area contributed by atoms with Crippen molar-refractivity contribution in [2.24, 2.45) is 0 Å². The van der Waals surface area contributed by atoms with Gasteiger partial charge < -0.3 is 14.4 Å². The largest absolute Gasteiger partial charge is 0.486 e. The average Bonchev–Trinajstić information content (AvgIpc) is 3.47. The minimum absolute atomic E-state index is 0.0381. The average molecular weight is 458 g/mol. The number of tetrazole rings is 1. The van der Waals surface area contributed by atoms with Gasteiger partial charge in [0, 0.05) is 11.6 Å². The van der Waals surface area contributed by atoms with E-state index in [0.29, 0.717) is 23.4 Å². The number of hydrogen-bond donors (Lipinski definition) is 0. The number of carbonyl (C=O) groups excluding carboxylic acids is 1. The number of nitrogens with zero attached hydrogens (tertiary/aromatic N) is 5. The van der Waals surface area contributed by atoms with Gasteiger partial charge in [-0.25, -0.2) is 0 Å². The fourth-order valence-electron chi connectivity index (χ4n) is 3.90. The first-order chi connectivity index (χ1) is 15.2. The van der Waals surface area contributed by atoms with E-state index in [1.165, 1.54) is 11.8 Å². The number of fused-ring (bicyclic) bond motifs is 1. The van der Waals surface area contributed by atoms with Gasteiger partial charge in [0.15, 0.2) is 11.5 Å². The van der Waals surface area contributed by atoms with Gasteiger partial charge >= 0.3 is 0 Å². The summed E-state index contributed by atoms with van der Waals surface area (Å²) < 4.78 is 12.9. The Kier molecular flexibility index (Phi) is 5.69. The molecule has 2 aliphatic heterocycles. The van der Waals surface area contributed by atoms with Crippen LogP contribution in [0.2, 0.25) is 5.02 Å². The van der Waals surface area contributed by atoms with Crippen LogP contribution in [0.3, 0.4) is 0 Å². The molecule has 1 amide bonds. The van der Waals surface area contributed by atoms with Crippen molar-refractivity contribution in [3.05, 3.63) is 53.1 Å². The van der Waals surface area contributed by atoms with Gasteiger partial charge in [0.05, 0.1) is 17.5 Å². The van der Waals surface area contributed by atoms with Gasteiger partial charge in [-0.15, -0.1) is 5.10 Å². The molecule has 3 aromatic rings. The fraction of sp³-hybridized carbons (Fsp3) is 0.333. The Morgan fingerprint density at radius 1 is 1.13 bits per heavy atom. The van der Waals surface area contributed by atoms with Gasteiger partial charge in [-0.3, -0.25) is 4.79 Å². The van der Waals surface area contributed by atoms with Gasteiger partial charge in [-0.2, -0.15) is 4.68 Å². The Morgan fingerprint density at radius 2 is 1.94 bits per heavy atom. The number of halogens is 1. The van der Waals surface area contributed by atoms with E-state index in [-0.39, 0.29) is 17.7 Å². The molecular formula is C21H20ClN5O3S. The summed E-state index contributed by atoms with van der Waals surface area (Å²) in [5.41, 5.74) is 1.87. The van der Waals surface area contributed by atoms with Gasteiger partial charge in [0.1, 0.15) is 13.2 Å².